The van der Waals surface area contributed by atoms with E-state index in [-0.39, 0.29) is 24.0 Å². The summed E-state index contributed by atoms with van der Waals surface area (Å²) in [6, 6.07) is 0. The maximum absolute atomic E-state index is 12.1. The first-order chi connectivity index (χ1) is 16.7. The van der Waals surface area contributed by atoms with Crippen LogP contribution in [0.2, 0.25) is 0 Å². The average molecular weight is 503 g/mol. The third-order valence-electron chi connectivity index (χ3n) is 10.2. The molecule has 0 aromatic rings. The number of aliphatic hydroxyl groups is 2. The number of amides is 1. The van der Waals surface area contributed by atoms with Crippen LogP contribution < -0.4 is 5.32 Å². The third kappa shape index (κ3) is 4.51. The molecule has 200 valence electrons. The molecule has 0 unspecified atom stereocenters. The molecule has 1 amide bonds. The zero-order chi connectivity index (χ0) is 26.5. The Hall–Kier alpha value is -2.19. The van der Waals surface area contributed by atoms with Gasteiger partial charge in [-0.15, -0.1) is 0 Å². The van der Waals surface area contributed by atoms with E-state index >= 15 is 0 Å². The van der Waals surface area contributed by atoms with Gasteiger partial charge in [-0.1, -0.05) is 44.5 Å². The summed E-state index contributed by atoms with van der Waals surface area (Å²) < 4.78 is 0. The topological polar surface area (TPSA) is 128 Å². The van der Waals surface area contributed by atoms with Gasteiger partial charge >= 0.3 is 5.97 Å². The Labute approximate surface area is 213 Å². The smallest absolute Gasteiger partial charge is 0.333 e. The summed E-state index contributed by atoms with van der Waals surface area (Å²) in [7, 11) is 0. The van der Waals surface area contributed by atoms with Crippen LogP contribution in [0.15, 0.2) is 29.0 Å². The van der Waals surface area contributed by atoms with E-state index in [9.17, 15) is 19.8 Å². The number of carboxylic acids is 1. The molecule has 3 fully saturated rings. The van der Waals surface area contributed by atoms with Crippen molar-refractivity contribution in [3.8, 4) is 0 Å². The Morgan fingerprint density at radius 1 is 1.19 bits per heavy atom. The van der Waals surface area contributed by atoms with Crippen molar-refractivity contribution in [3.05, 3.63) is 23.8 Å². The van der Waals surface area contributed by atoms with E-state index < -0.39 is 29.0 Å². The Morgan fingerprint density at radius 2 is 1.89 bits per heavy atom. The quantitative estimate of drug-likeness (QED) is 0.395. The highest BCUT2D eigenvalue weighted by atomic mass is 16.6. The van der Waals surface area contributed by atoms with E-state index in [1.807, 2.05) is 13.0 Å². The normalized spacial score (nSPS) is 39.5. The SMILES string of the molecule is CC(C)(CNC(=O)CO/N=C1\C=C[C@@]2(C)C(=C1)CC[C@H]1[C@H]2CC[C@@]2(C)[C@H]1CC[C@]2(C)O)[C@H](O)C(=O)O. The van der Waals surface area contributed by atoms with Gasteiger partial charge in [0.05, 0.1) is 5.60 Å². The number of allylic oxidation sites excluding steroid dienone is 4. The molecule has 0 radical (unpaired) electrons. The minimum atomic E-state index is -1.58. The molecule has 0 spiro atoms. The molecule has 36 heavy (non-hydrogen) atoms. The zero-order valence-electron chi connectivity index (χ0n) is 22.2. The first kappa shape index (κ1) is 26.9. The summed E-state index contributed by atoms with van der Waals surface area (Å²) in [6.45, 7) is 9.52. The van der Waals surface area contributed by atoms with Crippen LogP contribution in [0.25, 0.3) is 0 Å². The number of nitrogens with zero attached hydrogens (tertiary/aromatic N) is 1. The summed E-state index contributed by atoms with van der Waals surface area (Å²) in [5.74, 6) is -0.0187. The average Bonchev–Trinajstić information content (AvgIpc) is 3.06. The fourth-order valence-electron chi connectivity index (χ4n) is 7.48. The highest BCUT2D eigenvalue weighted by molar-refractivity contribution is 6.05. The van der Waals surface area contributed by atoms with Crippen LogP contribution in [0.1, 0.15) is 73.1 Å². The van der Waals surface area contributed by atoms with Crippen molar-refractivity contribution in [2.24, 2.45) is 39.2 Å². The summed E-state index contributed by atoms with van der Waals surface area (Å²) in [5.41, 5.74) is 0.434. The predicted molar refractivity (Wildman–Crippen MR) is 136 cm³/mol. The molecule has 0 saturated heterocycles. The van der Waals surface area contributed by atoms with Gasteiger partial charge in [0, 0.05) is 17.4 Å². The van der Waals surface area contributed by atoms with Crippen molar-refractivity contribution in [1.29, 1.82) is 0 Å². The highest BCUT2D eigenvalue weighted by Gasteiger charge is 2.62. The monoisotopic (exact) mass is 502 g/mol. The van der Waals surface area contributed by atoms with Gasteiger partial charge < -0.3 is 25.5 Å². The lowest BCUT2D eigenvalue weighted by atomic mass is 9.47. The number of carbonyl (C=O) groups excluding carboxylic acids is 1. The Bertz CT molecular complexity index is 998. The van der Waals surface area contributed by atoms with Crippen LogP contribution in [0.5, 0.6) is 0 Å². The van der Waals surface area contributed by atoms with E-state index in [2.05, 4.69) is 36.5 Å². The molecule has 0 bridgehead atoms. The largest absolute Gasteiger partial charge is 0.479 e. The van der Waals surface area contributed by atoms with Gasteiger partial charge in [0.1, 0.15) is 5.71 Å². The molecule has 0 aromatic carbocycles. The molecule has 3 saturated carbocycles. The third-order valence-corrected chi connectivity index (χ3v) is 10.2. The number of carbonyl (C=O) groups is 2. The number of nitrogens with one attached hydrogen (secondary N) is 1. The number of rotatable bonds is 7. The van der Waals surface area contributed by atoms with Crippen molar-refractivity contribution in [2.45, 2.75) is 84.8 Å². The van der Waals surface area contributed by atoms with Crippen LogP contribution in [0.4, 0.5) is 0 Å². The van der Waals surface area contributed by atoms with Gasteiger partial charge in [0.25, 0.3) is 5.91 Å². The second-order valence-electron chi connectivity index (χ2n) is 12.8. The highest BCUT2D eigenvalue weighted by Crippen LogP contribution is 2.66. The van der Waals surface area contributed by atoms with E-state index in [1.165, 1.54) is 5.57 Å². The molecule has 7 atom stereocenters. The second-order valence-corrected chi connectivity index (χ2v) is 12.8. The first-order valence-electron chi connectivity index (χ1n) is 13.2. The maximum atomic E-state index is 12.1. The number of aliphatic carboxylic acids is 1. The van der Waals surface area contributed by atoms with Crippen LogP contribution in [0.3, 0.4) is 0 Å². The number of fused-ring (bicyclic) bond motifs is 5. The van der Waals surface area contributed by atoms with E-state index in [0.717, 1.165) is 38.5 Å². The van der Waals surface area contributed by atoms with Gasteiger partial charge in [-0.25, -0.2) is 4.79 Å². The fourth-order valence-corrected chi connectivity index (χ4v) is 7.48. The summed E-state index contributed by atoms with van der Waals surface area (Å²) >= 11 is 0. The van der Waals surface area contributed by atoms with E-state index in [4.69, 9.17) is 9.94 Å². The van der Waals surface area contributed by atoms with Crippen LogP contribution >= 0.6 is 0 Å². The number of aliphatic hydroxyl groups excluding tert-OH is 1. The van der Waals surface area contributed by atoms with Crippen LogP contribution in [-0.4, -0.2) is 57.8 Å². The molecule has 4 aliphatic carbocycles. The summed E-state index contributed by atoms with van der Waals surface area (Å²) in [5, 5.41) is 36.6. The van der Waals surface area contributed by atoms with Gasteiger partial charge in [-0.05, 0) is 80.8 Å². The number of oxime groups is 1. The summed E-state index contributed by atoms with van der Waals surface area (Å²) in [4.78, 5) is 28.4. The lowest BCUT2D eigenvalue weighted by Gasteiger charge is -2.58. The molecular formula is C28H42N2O6. The molecule has 0 heterocycles. The van der Waals surface area contributed by atoms with Crippen molar-refractivity contribution < 1.29 is 29.7 Å². The molecule has 4 rings (SSSR count). The molecule has 4 aliphatic rings. The Kier molecular flexibility index (Phi) is 6.92. The van der Waals surface area contributed by atoms with E-state index in [0.29, 0.717) is 23.5 Å². The van der Waals surface area contributed by atoms with Crippen LogP contribution in [0, 0.1) is 34.0 Å². The molecule has 4 N–H and O–H groups in total. The van der Waals surface area contributed by atoms with Gasteiger partial charge in [-0.2, -0.15) is 0 Å². The Balaban J connectivity index is 1.35. The van der Waals surface area contributed by atoms with Gasteiger partial charge in [-0.3, -0.25) is 4.79 Å². The van der Waals surface area contributed by atoms with Crippen LogP contribution in [-0.2, 0) is 14.4 Å². The minimum absolute atomic E-state index is 0.000429. The minimum Gasteiger partial charge on any atom is -0.479 e. The molecular weight excluding hydrogens is 460 g/mol. The van der Waals surface area contributed by atoms with Crippen molar-refractivity contribution >= 4 is 17.6 Å². The molecule has 0 aliphatic heterocycles. The predicted octanol–water partition coefficient (Wildman–Crippen LogP) is 3.44. The van der Waals surface area contributed by atoms with Crippen molar-refractivity contribution in [2.75, 3.05) is 13.2 Å². The molecule has 8 nitrogen and oxygen atoms in total. The number of hydrogen-bond donors (Lipinski definition) is 4. The number of carboxylic acid groups (broad SMARTS) is 1. The van der Waals surface area contributed by atoms with Crippen molar-refractivity contribution in [1.82, 2.24) is 5.32 Å². The maximum Gasteiger partial charge on any atom is 0.333 e. The van der Waals surface area contributed by atoms with E-state index in [1.54, 1.807) is 13.8 Å². The molecule has 0 aromatic heterocycles. The van der Waals surface area contributed by atoms with Crippen molar-refractivity contribution in [3.63, 3.8) is 0 Å². The fraction of sp³-hybridized carbons (Fsp3) is 0.750. The summed E-state index contributed by atoms with van der Waals surface area (Å²) in [6.07, 6.45) is 11.1. The standard InChI is InChI=1S/C28H42N2O6/c1-25(2,23(32)24(33)34)16-29-22(31)15-36-30-18-8-11-26(3)17(14-18)6-7-19-20(26)9-12-27(4)21(19)10-13-28(27,5)35/h8,11,14,19-21,23,32,35H,6-7,9-10,12-13,15-16H2,1-5H3,(H,29,31)(H,33,34)/b30-18+/t19-,20+,21-,23+,26-,27-,28-/m0/s1. The first-order valence-corrected chi connectivity index (χ1v) is 13.2. The lowest BCUT2D eigenvalue weighted by molar-refractivity contribution is -0.153. The second kappa shape index (κ2) is 9.28. The van der Waals surface area contributed by atoms with Gasteiger partial charge in [0.15, 0.2) is 12.7 Å². The zero-order valence-corrected chi connectivity index (χ0v) is 22.2. The Morgan fingerprint density at radius 3 is 2.58 bits per heavy atom. The molecule has 8 heteroatoms. The van der Waals surface area contributed by atoms with Gasteiger partial charge in [0.2, 0.25) is 0 Å². The lowest BCUT2D eigenvalue weighted by Crippen LogP contribution is -2.53. The number of hydrogen-bond acceptors (Lipinski definition) is 6.